The van der Waals surface area contributed by atoms with Crippen LogP contribution in [-0.4, -0.2) is 80.5 Å². The van der Waals surface area contributed by atoms with Crippen LogP contribution in [0.1, 0.15) is 6.42 Å². The molecule has 0 radical (unpaired) electrons. The van der Waals surface area contributed by atoms with Gasteiger partial charge < -0.3 is 4.90 Å². The molecule has 0 aliphatic carbocycles. The summed E-state index contributed by atoms with van der Waals surface area (Å²) in [6.45, 7) is 1.81. The number of anilines is 1. The van der Waals surface area contributed by atoms with Crippen molar-refractivity contribution in [1.82, 2.24) is 9.80 Å². The van der Waals surface area contributed by atoms with E-state index < -0.39 is 20.8 Å². The van der Waals surface area contributed by atoms with Crippen LogP contribution in [0.5, 0.6) is 0 Å². The average Bonchev–Trinajstić information content (AvgIpc) is 2.88. The zero-order valence-corrected chi connectivity index (χ0v) is 15.8. The Balaban J connectivity index is 1.77. The zero-order chi connectivity index (χ0) is 19.9. The summed E-state index contributed by atoms with van der Waals surface area (Å²) >= 11 is 0. The van der Waals surface area contributed by atoms with Gasteiger partial charge in [-0.1, -0.05) is 0 Å². The highest BCUT2D eigenvalue weighted by molar-refractivity contribution is 7.90. The maximum absolute atomic E-state index is 12.1. The molecule has 3 rings (SSSR count). The number of hydrogen-bond donors (Lipinski definition) is 0. The van der Waals surface area contributed by atoms with E-state index >= 15 is 0 Å². The van der Waals surface area contributed by atoms with Gasteiger partial charge in [0.25, 0.3) is 5.69 Å². The summed E-state index contributed by atoms with van der Waals surface area (Å²) in [5, 5.41) is 11.4. The lowest BCUT2D eigenvalue weighted by Gasteiger charge is -2.37. The van der Waals surface area contributed by atoms with Gasteiger partial charge in [0.15, 0.2) is 9.84 Å². The van der Waals surface area contributed by atoms with Crippen LogP contribution in [0.2, 0.25) is 0 Å². The van der Waals surface area contributed by atoms with E-state index in [0.29, 0.717) is 31.9 Å². The van der Waals surface area contributed by atoms with Crippen molar-refractivity contribution in [3.05, 3.63) is 28.3 Å². The second-order valence-electron chi connectivity index (χ2n) is 6.71. The maximum atomic E-state index is 12.1. The van der Waals surface area contributed by atoms with Crippen molar-refractivity contribution in [1.29, 1.82) is 0 Å². The Bertz CT molecular complexity index is 907. The number of nitro benzene ring substituents is 1. The molecule has 0 bridgehead atoms. The smallest absolute Gasteiger partial charge is 0.293 e. The predicted molar refractivity (Wildman–Crippen MR) is 96.2 cm³/mol. The van der Waals surface area contributed by atoms with E-state index in [9.17, 15) is 28.1 Å². The Morgan fingerprint density at radius 3 is 2.26 bits per heavy atom. The fourth-order valence-corrected chi connectivity index (χ4v) is 4.08. The second-order valence-corrected chi connectivity index (χ2v) is 8.73. The summed E-state index contributed by atoms with van der Waals surface area (Å²) in [6.07, 6.45) is 1.15. The Kier molecular flexibility index (Phi) is 4.91. The number of likely N-dealkylation sites (N-methyl/N-ethyl adjacent to an activating group) is 1. The van der Waals surface area contributed by atoms with Crippen molar-refractivity contribution in [2.45, 2.75) is 17.4 Å². The first-order valence-electron chi connectivity index (χ1n) is 8.37. The van der Waals surface area contributed by atoms with Gasteiger partial charge >= 0.3 is 0 Å². The number of imide groups is 1. The number of carbonyl (C=O) groups excluding carboxylic acids is 2. The number of hydrogen-bond acceptors (Lipinski definition) is 8. The molecule has 146 valence electrons. The van der Waals surface area contributed by atoms with Crippen molar-refractivity contribution in [3.8, 4) is 0 Å². The van der Waals surface area contributed by atoms with E-state index in [1.54, 1.807) is 4.90 Å². The molecule has 0 N–H and O–H groups in total. The van der Waals surface area contributed by atoms with Crippen LogP contribution in [0.25, 0.3) is 0 Å². The van der Waals surface area contributed by atoms with Gasteiger partial charge in [0.05, 0.1) is 22.3 Å². The summed E-state index contributed by atoms with van der Waals surface area (Å²) in [5.74, 6) is -0.434. The van der Waals surface area contributed by atoms with Gasteiger partial charge in [-0.15, -0.1) is 0 Å². The zero-order valence-electron chi connectivity index (χ0n) is 15.0. The van der Waals surface area contributed by atoms with Crippen LogP contribution in [0.4, 0.5) is 11.4 Å². The lowest BCUT2D eigenvalue weighted by atomic mass is 10.1. The first kappa shape index (κ1) is 19.2. The first-order chi connectivity index (χ1) is 12.6. The summed E-state index contributed by atoms with van der Waals surface area (Å²) in [5.41, 5.74) is 0.0798. The third kappa shape index (κ3) is 3.65. The highest BCUT2D eigenvalue weighted by Crippen LogP contribution is 2.32. The summed E-state index contributed by atoms with van der Waals surface area (Å²) in [6, 6.07) is 3.40. The predicted octanol–water partition coefficient (Wildman–Crippen LogP) is -0.122. The normalized spacial score (nSPS) is 21.8. The van der Waals surface area contributed by atoms with Gasteiger partial charge in [-0.3, -0.25) is 29.5 Å². The van der Waals surface area contributed by atoms with Crippen molar-refractivity contribution in [2.75, 3.05) is 44.4 Å². The molecule has 0 spiro atoms. The molecule has 2 heterocycles. The quantitative estimate of drug-likeness (QED) is 0.392. The molecule has 27 heavy (non-hydrogen) atoms. The lowest BCUT2D eigenvalue weighted by Crippen LogP contribution is -2.52. The molecule has 1 atom stereocenters. The third-order valence-electron chi connectivity index (χ3n) is 5.03. The van der Waals surface area contributed by atoms with E-state index in [4.69, 9.17) is 0 Å². The van der Waals surface area contributed by atoms with Gasteiger partial charge in [0.2, 0.25) is 11.8 Å². The number of sulfone groups is 1. The Morgan fingerprint density at radius 1 is 1.15 bits per heavy atom. The minimum Gasteiger partial charge on any atom is -0.363 e. The van der Waals surface area contributed by atoms with E-state index in [0.717, 1.165) is 17.2 Å². The van der Waals surface area contributed by atoms with Gasteiger partial charge in [-0.2, -0.15) is 0 Å². The van der Waals surface area contributed by atoms with E-state index in [1.807, 2.05) is 4.90 Å². The summed E-state index contributed by atoms with van der Waals surface area (Å²) in [4.78, 5) is 39.4. The van der Waals surface area contributed by atoms with Gasteiger partial charge in [0, 0.05) is 45.5 Å². The lowest BCUT2D eigenvalue weighted by molar-refractivity contribution is -0.384. The number of rotatable bonds is 4. The van der Waals surface area contributed by atoms with Crippen molar-refractivity contribution in [3.63, 3.8) is 0 Å². The number of amides is 2. The fourth-order valence-electron chi connectivity index (χ4n) is 3.44. The Hall–Kier alpha value is -2.53. The highest BCUT2D eigenvalue weighted by atomic mass is 32.2. The molecule has 0 aromatic heterocycles. The molecule has 11 heteroatoms. The summed E-state index contributed by atoms with van der Waals surface area (Å²) < 4.78 is 23.3. The number of nitrogens with zero attached hydrogens (tertiary/aromatic N) is 4. The molecule has 2 saturated heterocycles. The minimum absolute atomic E-state index is 0.102. The molecular formula is C16H20N4O6S. The molecular weight excluding hydrogens is 376 g/mol. The van der Waals surface area contributed by atoms with Crippen LogP contribution >= 0.6 is 0 Å². The molecule has 2 aliphatic rings. The van der Waals surface area contributed by atoms with Gasteiger partial charge in [-0.05, 0) is 12.1 Å². The van der Waals surface area contributed by atoms with Gasteiger partial charge in [-0.25, -0.2) is 8.42 Å². The molecule has 2 fully saturated rings. The topological polar surface area (TPSA) is 121 Å². The van der Waals surface area contributed by atoms with Crippen molar-refractivity contribution in [2.24, 2.45) is 0 Å². The summed E-state index contributed by atoms with van der Waals surface area (Å²) in [7, 11) is -2.08. The molecule has 2 amide bonds. The number of benzene rings is 1. The van der Waals surface area contributed by atoms with Crippen LogP contribution in [-0.2, 0) is 19.4 Å². The van der Waals surface area contributed by atoms with Crippen LogP contribution in [0.3, 0.4) is 0 Å². The molecule has 0 saturated carbocycles. The van der Waals surface area contributed by atoms with Crippen LogP contribution in [0, 0.1) is 10.1 Å². The SMILES string of the molecule is CN1C(=O)C[C@H](N2CCN(c3ccc(S(C)(=O)=O)cc3[N+](=O)[O-])CC2)C1=O. The molecule has 1 aromatic rings. The molecule has 1 aromatic carbocycles. The second kappa shape index (κ2) is 6.89. The van der Waals surface area contributed by atoms with Crippen LogP contribution in [0.15, 0.2) is 23.1 Å². The standard InChI is InChI=1S/C16H20N4O6S/c1-17-15(21)10-14(16(17)22)19-7-5-18(6-8-19)12-4-3-11(27(2,25)26)9-13(12)20(23)24/h3-4,9,14H,5-8,10H2,1-2H3/t14-/m0/s1. The first-order valence-corrected chi connectivity index (χ1v) is 10.3. The molecule has 2 aliphatic heterocycles. The number of likely N-dealkylation sites (tertiary alicyclic amines) is 1. The molecule has 10 nitrogen and oxygen atoms in total. The van der Waals surface area contributed by atoms with E-state index in [1.165, 1.54) is 19.2 Å². The number of carbonyl (C=O) groups is 2. The fraction of sp³-hybridized carbons (Fsp3) is 0.500. The van der Waals surface area contributed by atoms with E-state index in [-0.39, 0.29) is 28.8 Å². The minimum atomic E-state index is -3.55. The number of piperazine rings is 1. The molecule has 0 unspecified atom stereocenters. The third-order valence-corrected chi connectivity index (χ3v) is 6.14. The van der Waals surface area contributed by atoms with Gasteiger partial charge in [0.1, 0.15) is 5.69 Å². The monoisotopic (exact) mass is 396 g/mol. The number of nitro groups is 1. The average molecular weight is 396 g/mol. The van der Waals surface area contributed by atoms with Crippen LogP contribution < -0.4 is 4.90 Å². The maximum Gasteiger partial charge on any atom is 0.293 e. The van der Waals surface area contributed by atoms with Crippen molar-refractivity contribution >= 4 is 33.0 Å². The van der Waals surface area contributed by atoms with E-state index in [2.05, 4.69) is 0 Å². The largest absolute Gasteiger partial charge is 0.363 e. The van der Waals surface area contributed by atoms with Crippen molar-refractivity contribution < 1.29 is 22.9 Å². The highest BCUT2D eigenvalue weighted by Gasteiger charge is 2.41. The Labute approximate surface area is 156 Å². The Morgan fingerprint density at radius 2 is 1.78 bits per heavy atom.